The number of carbonyl (C=O) groups excluding carboxylic acids is 1. The van der Waals surface area contributed by atoms with Gasteiger partial charge < -0.3 is 9.68 Å². The first-order chi connectivity index (χ1) is 28.0. The summed E-state index contributed by atoms with van der Waals surface area (Å²) < 4.78 is 0. The fourth-order valence-corrected chi connectivity index (χ4v) is 9.43. The second-order valence-electron chi connectivity index (χ2n) is 15.1. The average molecular weight is 826 g/mol. The largest absolute Gasteiger partial charge is 0.394 e. The van der Waals surface area contributed by atoms with Crippen LogP contribution < -0.4 is 0 Å². The van der Waals surface area contributed by atoms with E-state index in [4.69, 9.17) is 32.9 Å². The molecule has 13 nitrogen and oxygen atoms in total. The van der Waals surface area contributed by atoms with Crippen LogP contribution in [0, 0.1) is 20.2 Å². The number of piperidine rings is 2. The molecule has 0 aliphatic carbocycles. The van der Waals surface area contributed by atoms with E-state index >= 15 is 4.79 Å². The van der Waals surface area contributed by atoms with E-state index in [0.29, 0.717) is 58.9 Å². The van der Waals surface area contributed by atoms with Gasteiger partial charge in [-0.25, -0.2) is 10.0 Å². The second kappa shape index (κ2) is 16.6. The van der Waals surface area contributed by atoms with Crippen LogP contribution in [0.5, 0.6) is 0 Å². The van der Waals surface area contributed by atoms with Gasteiger partial charge in [0.2, 0.25) is 0 Å². The summed E-state index contributed by atoms with van der Waals surface area (Å²) in [5, 5.41) is 31.3. The van der Waals surface area contributed by atoms with Crippen LogP contribution in [0.25, 0.3) is 0 Å². The van der Waals surface area contributed by atoms with Crippen LogP contribution in [0.3, 0.4) is 0 Å². The number of non-ortho nitro benzene ring substituents is 2. The maximum atomic E-state index is 15.3. The van der Waals surface area contributed by atoms with Crippen molar-refractivity contribution in [3.63, 3.8) is 0 Å². The van der Waals surface area contributed by atoms with E-state index < -0.39 is 21.9 Å². The molecule has 0 spiro atoms. The van der Waals surface area contributed by atoms with E-state index in [0.717, 1.165) is 47.9 Å². The van der Waals surface area contributed by atoms with E-state index in [1.807, 2.05) is 84.9 Å². The van der Waals surface area contributed by atoms with Gasteiger partial charge in [0.1, 0.15) is 23.6 Å². The fraction of sp³-hybridized carbons (Fsp3) is 0.326. The molecular weight excluding hydrogens is 783 g/mol. The molecule has 4 heterocycles. The highest BCUT2D eigenvalue weighted by atomic mass is 35.5. The van der Waals surface area contributed by atoms with E-state index in [1.54, 1.807) is 12.1 Å². The monoisotopic (exact) mass is 824 g/mol. The highest BCUT2D eigenvalue weighted by molar-refractivity contribution is 6.32. The number of hydroxylamine groups is 2. The lowest BCUT2D eigenvalue weighted by Gasteiger charge is -2.40. The Morgan fingerprint density at radius 2 is 0.966 bits per heavy atom. The Labute approximate surface area is 345 Å². The molecule has 0 aromatic heterocycles. The van der Waals surface area contributed by atoms with Crippen molar-refractivity contribution in [2.75, 3.05) is 26.2 Å². The molecule has 0 radical (unpaired) electrons. The molecule has 2 atom stereocenters. The van der Waals surface area contributed by atoms with Crippen LogP contribution in [0.15, 0.2) is 120 Å². The third kappa shape index (κ3) is 7.61. The number of Topliss-reactive ketones (excluding diaryl/α,β-unsaturated/α-hetero) is 1. The molecule has 2 fully saturated rings. The Balaban J connectivity index is 1.04. The Hall–Kier alpha value is -5.15. The van der Waals surface area contributed by atoms with Crippen LogP contribution in [-0.2, 0) is 14.5 Å². The number of hydrazine groups is 2. The summed E-state index contributed by atoms with van der Waals surface area (Å²) in [7, 11) is 0. The summed E-state index contributed by atoms with van der Waals surface area (Å²) in [6.07, 6.45) is 2.93. The lowest BCUT2D eigenvalue weighted by molar-refractivity contribution is -0.385. The number of ketones is 1. The molecule has 4 aliphatic rings. The van der Waals surface area contributed by atoms with Gasteiger partial charge >= 0.3 is 0 Å². The van der Waals surface area contributed by atoms with Crippen molar-refractivity contribution in [2.24, 2.45) is 0 Å². The Morgan fingerprint density at radius 3 is 1.29 bits per heavy atom. The van der Waals surface area contributed by atoms with E-state index in [1.165, 1.54) is 24.3 Å². The molecule has 0 N–H and O–H groups in total. The zero-order valence-corrected chi connectivity index (χ0v) is 33.5. The van der Waals surface area contributed by atoms with E-state index in [-0.39, 0.29) is 29.0 Å². The van der Waals surface area contributed by atoms with Gasteiger partial charge in [-0.1, -0.05) is 106 Å². The minimum absolute atomic E-state index is 0.0358. The number of halogens is 2. The highest BCUT2D eigenvalue weighted by Crippen LogP contribution is 2.48. The molecule has 0 bridgehead atoms. The molecule has 4 aromatic rings. The van der Waals surface area contributed by atoms with E-state index in [9.17, 15) is 20.2 Å². The van der Waals surface area contributed by atoms with Gasteiger partial charge in [0.15, 0.2) is 5.78 Å². The van der Waals surface area contributed by atoms with Crippen molar-refractivity contribution in [1.82, 2.24) is 20.4 Å². The molecule has 58 heavy (non-hydrogen) atoms. The number of hydrogen-bond donors (Lipinski definition) is 0. The highest BCUT2D eigenvalue weighted by Gasteiger charge is 2.49. The number of allylic oxidation sites excluding steroid dienone is 2. The van der Waals surface area contributed by atoms with Crippen LogP contribution in [0.1, 0.15) is 85.7 Å². The molecule has 4 aliphatic heterocycles. The molecule has 15 heteroatoms. The maximum Gasteiger partial charge on any atom is 0.270 e. The number of benzene rings is 4. The summed E-state index contributed by atoms with van der Waals surface area (Å²) in [4.78, 5) is 50.1. The summed E-state index contributed by atoms with van der Waals surface area (Å²) in [6, 6.07) is 28.0. The molecule has 4 aromatic carbocycles. The molecule has 0 saturated carbocycles. The Kier molecular flexibility index (Phi) is 11.4. The number of nitro groups is 2. The smallest absolute Gasteiger partial charge is 0.270 e. The molecule has 0 amide bonds. The van der Waals surface area contributed by atoms with E-state index in [2.05, 4.69) is 10.0 Å². The molecule has 2 saturated heterocycles. The third-order valence-electron chi connectivity index (χ3n) is 11.7. The van der Waals surface area contributed by atoms with Crippen LogP contribution in [0.2, 0.25) is 10.0 Å². The second-order valence-corrected chi connectivity index (χ2v) is 15.9. The van der Waals surface area contributed by atoms with Gasteiger partial charge in [-0.3, -0.25) is 25.0 Å². The number of rotatable bonds is 10. The maximum absolute atomic E-state index is 15.3. The van der Waals surface area contributed by atoms with Crippen molar-refractivity contribution in [3.05, 3.63) is 172 Å². The zero-order chi connectivity index (χ0) is 40.7. The lowest BCUT2D eigenvalue weighted by Crippen LogP contribution is -2.47. The van der Waals surface area contributed by atoms with Gasteiger partial charge in [0.05, 0.1) is 31.0 Å². The van der Waals surface area contributed by atoms with Crippen molar-refractivity contribution < 1.29 is 24.3 Å². The number of nitro benzene ring substituents is 2. The predicted octanol–water partition coefficient (Wildman–Crippen LogP) is 9.79. The fourth-order valence-electron chi connectivity index (χ4n) is 8.77. The summed E-state index contributed by atoms with van der Waals surface area (Å²) >= 11 is 13.1. The number of hydrogen-bond acceptors (Lipinski definition) is 11. The SMILES string of the molecule is CC1=C(C(=O)C2=C(C)ON(N3CCC(c4ccc([N+](=O)[O-])cc4Cl)CC3)C2c2ccccc2)C(c2ccccc2)N(N2CCC(c3ccc([N+](=O)[O-])cc3Cl)CC2)O1. The van der Waals surface area contributed by atoms with Gasteiger partial charge in [-0.2, -0.15) is 0 Å². The molecule has 2 unspecified atom stereocenters. The zero-order valence-electron chi connectivity index (χ0n) is 32.0. The first-order valence-electron chi connectivity index (χ1n) is 19.4. The summed E-state index contributed by atoms with van der Waals surface area (Å²) in [6.45, 7) is 6.12. The number of carbonyl (C=O) groups is 1. The lowest BCUT2D eigenvalue weighted by atomic mass is 9.86. The first kappa shape index (κ1) is 39.7. The molecular formula is C43H42Cl2N6O7. The van der Waals surface area contributed by atoms with Gasteiger partial charge in [0, 0.05) is 50.4 Å². The van der Waals surface area contributed by atoms with Crippen LogP contribution in [0.4, 0.5) is 11.4 Å². The average Bonchev–Trinajstić information content (AvgIpc) is 3.77. The standard InChI is InChI=1S/C43H42Cl2N6O7/c1-27-39(41(31-9-5-3-6-10-31)48(57-27)46-21-17-29(18-22-46)35-15-13-33(50(53)54)25-37(35)44)43(52)40-28(2)58-49(42(40)32-11-7-4-8-12-32)47-23-19-30(20-24-47)36-16-14-34(51(55)56)26-38(36)45/h3-16,25-26,29-30,41-42H,17-24H2,1-2H3. The predicted molar refractivity (Wildman–Crippen MR) is 218 cm³/mol. The topological polar surface area (TPSA) is 135 Å². The first-order valence-corrected chi connectivity index (χ1v) is 20.1. The van der Waals surface area contributed by atoms with Crippen molar-refractivity contribution in [1.29, 1.82) is 0 Å². The van der Waals surface area contributed by atoms with Crippen LogP contribution in [-0.4, -0.2) is 62.2 Å². The van der Waals surface area contributed by atoms with Crippen molar-refractivity contribution in [3.8, 4) is 0 Å². The quantitative estimate of drug-likeness (QED) is 0.112. The van der Waals surface area contributed by atoms with Gasteiger partial charge in [-0.15, -0.1) is 0 Å². The summed E-state index contributed by atoms with van der Waals surface area (Å²) in [5.74, 6) is 1.06. The van der Waals surface area contributed by atoms with Crippen molar-refractivity contribution in [2.45, 2.75) is 63.5 Å². The normalized spacial score (nSPS) is 21.7. The van der Waals surface area contributed by atoms with Gasteiger partial charge in [0.25, 0.3) is 11.4 Å². The third-order valence-corrected chi connectivity index (χ3v) is 12.4. The molecule has 300 valence electrons. The number of nitrogens with zero attached hydrogens (tertiary/aromatic N) is 6. The summed E-state index contributed by atoms with van der Waals surface area (Å²) in [5.41, 5.74) is 4.56. The Bertz CT molecular complexity index is 2130. The minimum Gasteiger partial charge on any atom is -0.394 e. The molecule has 8 rings (SSSR count). The Morgan fingerprint density at radius 1 is 0.603 bits per heavy atom. The minimum atomic E-state index is -0.541. The van der Waals surface area contributed by atoms with Gasteiger partial charge in [-0.05, 0) is 73.6 Å². The van der Waals surface area contributed by atoms with Crippen molar-refractivity contribution >= 4 is 40.4 Å². The van der Waals surface area contributed by atoms with Crippen LogP contribution >= 0.6 is 23.2 Å².